The Balaban J connectivity index is 2.60. The lowest BCUT2D eigenvalue weighted by Gasteiger charge is -2.24. The molecule has 0 heterocycles. The number of hydrogen-bond acceptors (Lipinski definition) is 2. The largest absolute Gasteiger partial charge is 0.511 e. The summed E-state index contributed by atoms with van der Waals surface area (Å²) in [6, 6.07) is 10.2. The molecule has 16 heavy (non-hydrogen) atoms. The number of hydrogen-bond donors (Lipinski definition) is 1. The molecule has 0 saturated carbocycles. The number of anilines is 1. The summed E-state index contributed by atoms with van der Waals surface area (Å²) in [5.41, 5.74) is 1.15. The van der Waals surface area contributed by atoms with Crippen molar-refractivity contribution in [2.24, 2.45) is 0 Å². The van der Waals surface area contributed by atoms with E-state index in [4.69, 9.17) is 0 Å². The highest BCUT2D eigenvalue weighted by atomic mass is 16.3. The van der Waals surface area contributed by atoms with Crippen LogP contribution in [0.25, 0.3) is 0 Å². The second-order valence-corrected chi connectivity index (χ2v) is 4.03. The molecule has 0 radical (unpaired) electrons. The predicted molar refractivity (Wildman–Crippen MR) is 69.9 cm³/mol. The van der Waals surface area contributed by atoms with Gasteiger partial charge >= 0.3 is 0 Å². The molecule has 0 atom stereocenters. The molecule has 1 aromatic rings. The van der Waals surface area contributed by atoms with E-state index in [1.165, 1.54) is 12.8 Å². The van der Waals surface area contributed by atoms with Crippen LogP contribution in [0.4, 0.5) is 5.69 Å². The van der Waals surface area contributed by atoms with Crippen molar-refractivity contribution in [3.63, 3.8) is 0 Å². The first-order valence-corrected chi connectivity index (χ1v) is 5.90. The predicted octanol–water partition coefficient (Wildman–Crippen LogP) is 3.75. The first kappa shape index (κ1) is 12.6. The molecule has 88 valence electrons. The van der Waals surface area contributed by atoms with Crippen LogP contribution in [0.5, 0.6) is 0 Å². The van der Waals surface area contributed by atoms with E-state index in [0.29, 0.717) is 6.54 Å². The molecule has 2 heteroatoms. The number of rotatable bonds is 7. The number of aliphatic hydroxyl groups is 1. The van der Waals surface area contributed by atoms with E-state index in [1.807, 2.05) is 18.2 Å². The summed E-state index contributed by atoms with van der Waals surface area (Å²) in [6.07, 6.45) is 3.59. The van der Waals surface area contributed by atoms with Crippen LogP contribution >= 0.6 is 0 Å². The molecule has 1 aromatic carbocycles. The van der Waals surface area contributed by atoms with Gasteiger partial charge in [-0.05, 0) is 18.6 Å². The lowest BCUT2D eigenvalue weighted by molar-refractivity contribution is 0.401. The highest BCUT2D eigenvalue weighted by Crippen LogP contribution is 2.15. The molecule has 0 fully saturated rings. The number of para-hydroxylation sites is 1. The first-order chi connectivity index (χ1) is 7.74. The number of benzene rings is 1. The summed E-state index contributed by atoms with van der Waals surface area (Å²) in [6.45, 7) is 7.25. The number of nitrogens with zero attached hydrogens (tertiary/aromatic N) is 1. The summed E-state index contributed by atoms with van der Waals surface area (Å²) in [5.74, 6) is 0.223. The molecular weight excluding hydrogens is 198 g/mol. The maximum atomic E-state index is 9.30. The van der Waals surface area contributed by atoms with Crippen LogP contribution in [0.2, 0.25) is 0 Å². The molecule has 0 saturated heterocycles. The lowest BCUT2D eigenvalue weighted by atomic mass is 10.2. The Bertz CT molecular complexity index is 308. The second kappa shape index (κ2) is 6.94. The Labute approximate surface area is 98.2 Å². The van der Waals surface area contributed by atoms with E-state index >= 15 is 0 Å². The van der Waals surface area contributed by atoms with E-state index in [1.54, 1.807) is 0 Å². The fourth-order valence-corrected chi connectivity index (χ4v) is 1.71. The fourth-order valence-electron chi connectivity index (χ4n) is 1.71. The van der Waals surface area contributed by atoms with E-state index in [9.17, 15) is 5.11 Å². The first-order valence-electron chi connectivity index (χ1n) is 5.90. The Hall–Kier alpha value is -1.44. The zero-order valence-electron chi connectivity index (χ0n) is 10.0. The lowest BCUT2D eigenvalue weighted by Crippen LogP contribution is -2.26. The van der Waals surface area contributed by atoms with Crippen LogP contribution < -0.4 is 4.90 Å². The zero-order valence-corrected chi connectivity index (χ0v) is 10.0. The fraction of sp³-hybridized carbons (Fsp3) is 0.429. The molecule has 0 aromatic heterocycles. The third kappa shape index (κ3) is 4.39. The van der Waals surface area contributed by atoms with Crippen molar-refractivity contribution in [2.45, 2.75) is 26.2 Å². The highest BCUT2D eigenvalue weighted by molar-refractivity contribution is 5.46. The van der Waals surface area contributed by atoms with Crippen molar-refractivity contribution in [3.8, 4) is 0 Å². The van der Waals surface area contributed by atoms with Crippen molar-refractivity contribution >= 4 is 5.69 Å². The molecule has 0 amide bonds. The standard InChI is InChI=1S/C14H21NO/c1-3-4-8-11-15(12-13(2)16)14-9-6-5-7-10-14/h5-7,9-10,16H,2-4,8,11-12H2,1H3. The van der Waals surface area contributed by atoms with Crippen molar-refractivity contribution in [2.75, 3.05) is 18.0 Å². The van der Waals surface area contributed by atoms with Gasteiger partial charge in [-0.15, -0.1) is 0 Å². The van der Waals surface area contributed by atoms with E-state index in [-0.39, 0.29) is 5.76 Å². The van der Waals surface area contributed by atoms with Crippen molar-refractivity contribution in [1.29, 1.82) is 0 Å². The maximum Gasteiger partial charge on any atom is 0.104 e. The molecule has 0 spiro atoms. The van der Waals surface area contributed by atoms with Gasteiger partial charge in [-0.25, -0.2) is 0 Å². The normalized spacial score (nSPS) is 10.1. The Kier molecular flexibility index (Phi) is 5.48. The van der Waals surface area contributed by atoms with Crippen molar-refractivity contribution in [3.05, 3.63) is 42.7 Å². The van der Waals surface area contributed by atoms with Crippen molar-refractivity contribution < 1.29 is 5.11 Å². The zero-order chi connectivity index (χ0) is 11.8. The summed E-state index contributed by atoms with van der Waals surface area (Å²) < 4.78 is 0. The van der Waals surface area contributed by atoms with Crippen LogP contribution in [-0.4, -0.2) is 18.2 Å². The van der Waals surface area contributed by atoms with Gasteiger partial charge in [0, 0.05) is 12.2 Å². The third-order valence-corrected chi connectivity index (χ3v) is 2.53. The smallest absolute Gasteiger partial charge is 0.104 e. The SMILES string of the molecule is C=C(O)CN(CCCCC)c1ccccc1. The molecule has 1 N–H and O–H groups in total. The molecule has 0 aliphatic heterocycles. The van der Waals surface area contributed by atoms with Crippen LogP contribution in [0, 0.1) is 0 Å². The summed E-state index contributed by atoms with van der Waals surface area (Å²) in [4.78, 5) is 2.16. The Morgan fingerprint density at radius 1 is 1.25 bits per heavy atom. The Morgan fingerprint density at radius 2 is 1.94 bits per heavy atom. The van der Waals surface area contributed by atoms with Crippen molar-refractivity contribution in [1.82, 2.24) is 0 Å². The van der Waals surface area contributed by atoms with Gasteiger partial charge in [-0.3, -0.25) is 0 Å². The summed E-state index contributed by atoms with van der Waals surface area (Å²) in [5, 5.41) is 9.30. The maximum absolute atomic E-state index is 9.30. The minimum atomic E-state index is 0.223. The average molecular weight is 219 g/mol. The summed E-state index contributed by atoms with van der Waals surface area (Å²) in [7, 11) is 0. The van der Waals surface area contributed by atoms with Crippen LogP contribution in [-0.2, 0) is 0 Å². The molecular formula is C14H21NO. The topological polar surface area (TPSA) is 23.5 Å². The van der Waals surface area contributed by atoms with Gasteiger partial charge in [0.2, 0.25) is 0 Å². The van der Waals surface area contributed by atoms with E-state index < -0.39 is 0 Å². The van der Waals surface area contributed by atoms with Gasteiger partial charge in [0.05, 0.1) is 6.54 Å². The molecule has 0 bridgehead atoms. The van der Waals surface area contributed by atoms with Crippen LogP contribution in [0.1, 0.15) is 26.2 Å². The minimum absolute atomic E-state index is 0.223. The highest BCUT2D eigenvalue weighted by Gasteiger charge is 2.06. The number of unbranched alkanes of at least 4 members (excludes halogenated alkanes) is 2. The van der Waals surface area contributed by atoms with E-state index in [0.717, 1.165) is 18.7 Å². The van der Waals surface area contributed by atoms with Gasteiger partial charge in [0.1, 0.15) is 5.76 Å². The van der Waals surface area contributed by atoms with Gasteiger partial charge in [0.15, 0.2) is 0 Å². The van der Waals surface area contributed by atoms with E-state index in [2.05, 4.69) is 30.5 Å². The summed E-state index contributed by atoms with van der Waals surface area (Å²) >= 11 is 0. The number of aliphatic hydroxyl groups excluding tert-OH is 1. The van der Waals surface area contributed by atoms with Gasteiger partial charge < -0.3 is 10.0 Å². The molecule has 0 aliphatic rings. The van der Waals surface area contributed by atoms with Gasteiger partial charge in [-0.1, -0.05) is 44.5 Å². The second-order valence-electron chi connectivity index (χ2n) is 4.03. The average Bonchev–Trinajstić information content (AvgIpc) is 2.29. The minimum Gasteiger partial charge on any atom is -0.511 e. The molecule has 0 unspecified atom stereocenters. The van der Waals surface area contributed by atoms with Crippen LogP contribution in [0.3, 0.4) is 0 Å². The molecule has 0 aliphatic carbocycles. The monoisotopic (exact) mass is 219 g/mol. The third-order valence-electron chi connectivity index (χ3n) is 2.53. The molecule has 2 nitrogen and oxygen atoms in total. The van der Waals surface area contributed by atoms with Crippen LogP contribution in [0.15, 0.2) is 42.7 Å². The van der Waals surface area contributed by atoms with Gasteiger partial charge in [0.25, 0.3) is 0 Å². The quantitative estimate of drug-likeness (QED) is 0.557. The van der Waals surface area contributed by atoms with Gasteiger partial charge in [-0.2, -0.15) is 0 Å². The Morgan fingerprint density at radius 3 is 2.50 bits per heavy atom. The molecule has 1 rings (SSSR count).